The predicted octanol–water partition coefficient (Wildman–Crippen LogP) is 0.918. The van der Waals surface area contributed by atoms with Gasteiger partial charge in [0.1, 0.15) is 7.85 Å². The van der Waals surface area contributed by atoms with Gasteiger partial charge in [-0.25, -0.2) is 4.98 Å². The molecule has 1 heterocycles. The maximum absolute atomic E-state index is 5.96. The molecule has 2 rings (SSSR count). The zero-order valence-corrected chi connectivity index (χ0v) is 9.55. The SMILES string of the molecule is [B]c1c(OCC)nc(N)nc1-c1ccccc1. The molecule has 2 aromatic rings. The first kappa shape index (κ1) is 11.5. The van der Waals surface area contributed by atoms with Gasteiger partial charge in [0.15, 0.2) is 0 Å². The molecule has 4 nitrogen and oxygen atoms in total. The number of nitrogens with zero attached hydrogens (tertiary/aromatic N) is 2. The highest BCUT2D eigenvalue weighted by Crippen LogP contribution is 2.18. The Morgan fingerprint density at radius 2 is 1.94 bits per heavy atom. The minimum atomic E-state index is 0.154. The van der Waals surface area contributed by atoms with E-state index in [1.807, 2.05) is 37.3 Å². The third-order valence-electron chi connectivity index (χ3n) is 2.26. The van der Waals surface area contributed by atoms with Gasteiger partial charge in [0.2, 0.25) is 11.8 Å². The molecule has 0 amide bonds. The average molecular weight is 225 g/mol. The molecular weight excluding hydrogens is 213 g/mol. The van der Waals surface area contributed by atoms with Crippen LogP contribution < -0.4 is 15.9 Å². The Kier molecular flexibility index (Phi) is 3.28. The molecular formula is C12H12BN3O. The highest BCUT2D eigenvalue weighted by atomic mass is 16.5. The van der Waals surface area contributed by atoms with Crippen LogP contribution in [0.15, 0.2) is 30.3 Å². The lowest BCUT2D eigenvalue weighted by atomic mass is 9.92. The molecule has 0 atom stereocenters. The van der Waals surface area contributed by atoms with Gasteiger partial charge in [-0.2, -0.15) is 4.98 Å². The second-order valence-corrected chi connectivity index (χ2v) is 3.45. The Morgan fingerprint density at radius 1 is 1.24 bits per heavy atom. The van der Waals surface area contributed by atoms with E-state index in [0.29, 0.717) is 23.6 Å². The molecule has 0 aliphatic carbocycles. The first-order chi connectivity index (χ1) is 8.22. The smallest absolute Gasteiger partial charge is 0.223 e. The van der Waals surface area contributed by atoms with Crippen LogP contribution in [0.4, 0.5) is 5.95 Å². The summed E-state index contributed by atoms with van der Waals surface area (Å²) in [6, 6.07) is 9.57. The van der Waals surface area contributed by atoms with Gasteiger partial charge in [-0.1, -0.05) is 30.3 Å². The van der Waals surface area contributed by atoms with Crippen LogP contribution in [0.25, 0.3) is 11.3 Å². The van der Waals surface area contributed by atoms with E-state index in [2.05, 4.69) is 9.97 Å². The van der Waals surface area contributed by atoms with Crippen molar-refractivity contribution in [1.29, 1.82) is 0 Å². The van der Waals surface area contributed by atoms with Crippen LogP contribution in [0.3, 0.4) is 0 Å². The Hall–Kier alpha value is -2.04. The molecule has 84 valence electrons. The van der Waals surface area contributed by atoms with Gasteiger partial charge >= 0.3 is 0 Å². The van der Waals surface area contributed by atoms with Gasteiger partial charge in [-0.15, -0.1) is 0 Å². The molecule has 0 spiro atoms. The summed E-state index contributed by atoms with van der Waals surface area (Å²) in [7, 11) is 5.96. The molecule has 0 fully saturated rings. The second-order valence-electron chi connectivity index (χ2n) is 3.45. The van der Waals surface area contributed by atoms with Crippen LogP contribution in [0, 0.1) is 0 Å². The lowest BCUT2D eigenvalue weighted by Crippen LogP contribution is -2.17. The number of anilines is 1. The Balaban J connectivity index is 2.54. The minimum Gasteiger partial charge on any atom is -0.478 e. The van der Waals surface area contributed by atoms with Crippen molar-refractivity contribution in [2.24, 2.45) is 0 Å². The molecule has 0 bridgehead atoms. The molecule has 0 saturated carbocycles. The van der Waals surface area contributed by atoms with Crippen LogP contribution in [0.5, 0.6) is 5.88 Å². The molecule has 2 radical (unpaired) electrons. The molecule has 0 unspecified atom stereocenters. The summed E-state index contributed by atoms with van der Waals surface area (Å²) in [4.78, 5) is 8.12. The van der Waals surface area contributed by atoms with Gasteiger partial charge in [-0.05, 0) is 17.9 Å². The van der Waals surface area contributed by atoms with Crippen LogP contribution in [-0.4, -0.2) is 24.4 Å². The highest BCUT2D eigenvalue weighted by Gasteiger charge is 2.11. The maximum Gasteiger partial charge on any atom is 0.223 e. The quantitative estimate of drug-likeness (QED) is 0.789. The number of hydrogen-bond acceptors (Lipinski definition) is 4. The van der Waals surface area contributed by atoms with Crippen LogP contribution in [0.2, 0.25) is 0 Å². The number of nitrogen functional groups attached to an aromatic ring is 1. The van der Waals surface area contributed by atoms with Crippen molar-refractivity contribution in [2.75, 3.05) is 12.3 Å². The topological polar surface area (TPSA) is 61.0 Å². The Morgan fingerprint density at radius 3 is 2.59 bits per heavy atom. The number of benzene rings is 1. The number of nitrogens with two attached hydrogens (primary N) is 1. The van der Waals surface area contributed by atoms with Crippen molar-refractivity contribution in [3.63, 3.8) is 0 Å². The van der Waals surface area contributed by atoms with Crippen molar-refractivity contribution in [3.05, 3.63) is 30.3 Å². The first-order valence-corrected chi connectivity index (χ1v) is 5.33. The molecule has 5 heteroatoms. The van der Waals surface area contributed by atoms with E-state index >= 15 is 0 Å². The third-order valence-corrected chi connectivity index (χ3v) is 2.26. The summed E-state index contributed by atoms with van der Waals surface area (Å²) >= 11 is 0. The number of hydrogen-bond donors (Lipinski definition) is 1. The van der Waals surface area contributed by atoms with Gasteiger partial charge in [0.25, 0.3) is 0 Å². The van der Waals surface area contributed by atoms with Gasteiger partial charge in [0, 0.05) is 0 Å². The molecule has 1 aromatic heterocycles. The van der Waals surface area contributed by atoms with Crippen LogP contribution in [-0.2, 0) is 0 Å². The minimum absolute atomic E-state index is 0.154. The van der Waals surface area contributed by atoms with Crippen molar-refractivity contribution in [2.45, 2.75) is 6.92 Å². The maximum atomic E-state index is 5.96. The number of rotatable bonds is 3. The molecule has 0 aliphatic rings. The van der Waals surface area contributed by atoms with E-state index in [4.69, 9.17) is 18.3 Å². The zero-order chi connectivity index (χ0) is 12.3. The van der Waals surface area contributed by atoms with Crippen LogP contribution >= 0.6 is 0 Å². The van der Waals surface area contributed by atoms with E-state index in [1.165, 1.54) is 0 Å². The monoisotopic (exact) mass is 225 g/mol. The largest absolute Gasteiger partial charge is 0.478 e. The highest BCUT2D eigenvalue weighted by molar-refractivity contribution is 6.37. The number of ether oxygens (including phenoxy) is 1. The third kappa shape index (κ3) is 2.38. The Bertz CT molecular complexity index is 517. The van der Waals surface area contributed by atoms with Crippen LogP contribution in [0.1, 0.15) is 6.92 Å². The molecule has 2 N–H and O–H groups in total. The zero-order valence-electron chi connectivity index (χ0n) is 9.55. The van der Waals surface area contributed by atoms with Gasteiger partial charge < -0.3 is 10.5 Å². The number of aromatic nitrogens is 2. The molecule has 0 saturated heterocycles. The Labute approximate surface area is 101 Å². The lowest BCUT2D eigenvalue weighted by molar-refractivity contribution is 0.330. The van der Waals surface area contributed by atoms with Crippen molar-refractivity contribution < 1.29 is 4.74 Å². The standard InChI is InChI=1S/C12H12BN3O/c1-2-17-11-9(13)10(15-12(14)16-11)8-6-4-3-5-7-8/h3-7H,2H2,1H3,(H2,14,15,16). The van der Waals surface area contributed by atoms with E-state index in [-0.39, 0.29) is 5.95 Å². The molecule has 0 aliphatic heterocycles. The van der Waals surface area contributed by atoms with Crippen molar-refractivity contribution >= 4 is 19.3 Å². The fourth-order valence-electron chi connectivity index (χ4n) is 1.53. The van der Waals surface area contributed by atoms with Crippen molar-refractivity contribution in [1.82, 2.24) is 9.97 Å². The second kappa shape index (κ2) is 4.87. The summed E-state index contributed by atoms with van der Waals surface area (Å²) in [6.07, 6.45) is 0. The van der Waals surface area contributed by atoms with Gasteiger partial charge in [0.05, 0.1) is 12.3 Å². The summed E-state index contributed by atoms with van der Waals surface area (Å²) in [5.74, 6) is 0.486. The summed E-state index contributed by atoms with van der Waals surface area (Å²) < 4.78 is 5.32. The first-order valence-electron chi connectivity index (χ1n) is 5.33. The van der Waals surface area contributed by atoms with E-state index in [1.54, 1.807) is 0 Å². The predicted molar refractivity (Wildman–Crippen MR) is 68.4 cm³/mol. The van der Waals surface area contributed by atoms with Crippen molar-refractivity contribution in [3.8, 4) is 17.1 Å². The van der Waals surface area contributed by atoms with E-state index in [9.17, 15) is 0 Å². The van der Waals surface area contributed by atoms with E-state index in [0.717, 1.165) is 5.56 Å². The fraction of sp³-hybridized carbons (Fsp3) is 0.167. The molecule has 1 aromatic carbocycles. The van der Waals surface area contributed by atoms with E-state index < -0.39 is 0 Å². The summed E-state index contributed by atoms with van der Waals surface area (Å²) in [6.45, 7) is 2.34. The fourth-order valence-corrected chi connectivity index (χ4v) is 1.53. The molecule has 17 heavy (non-hydrogen) atoms. The summed E-state index contributed by atoms with van der Waals surface area (Å²) in [5.41, 5.74) is 7.54. The normalized spacial score (nSPS) is 10.2. The average Bonchev–Trinajstić information content (AvgIpc) is 2.35. The summed E-state index contributed by atoms with van der Waals surface area (Å²) in [5, 5.41) is 0. The lowest BCUT2D eigenvalue weighted by Gasteiger charge is -2.11. The van der Waals surface area contributed by atoms with Gasteiger partial charge in [-0.3, -0.25) is 0 Å².